The summed E-state index contributed by atoms with van der Waals surface area (Å²) in [6, 6.07) is 0. The van der Waals surface area contributed by atoms with Crippen LogP contribution < -0.4 is 11.1 Å². The number of nitrogens with two attached hydrogens (primary N) is 1. The van der Waals surface area contributed by atoms with E-state index in [1.165, 1.54) is 6.42 Å². The molecule has 112 valence electrons. The highest BCUT2D eigenvalue weighted by atomic mass is 16.5. The maximum absolute atomic E-state index is 11.3. The maximum atomic E-state index is 11.3. The van der Waals surface area contributed by atoms with Crippen LogP contribution in [-0.2, 0) is 14.3 Å². The molecular weight excluding hydrogens is 244 g/mol. The van der Waals surface area contributed by atoms with Crippen molar-refractivity contribution >= 4 is 5.91 Å². The van der Waals surface area contributed by atoms with Crippen LogP contribution >= 0.6 is 0 Å². The fourth-order valence-electron chi connectivity index (χ4n) is 2.51. The number of likely N-dealkylation sites (N-methyl/N-ethyl adjacent to an activating group) is 1. The lowest BCUT2D eigenvalue weighted by Crippen LogP contribution is -2.51. The van der Waals surface area contributed by atoms with Gasteiger partial charge in [-0.25, -0.2) is 0 Å². The fourth-order valence-corrected chi connectivity index (χ4v) is 2.51. The van der Waals surface area contributed by atoms with Crippen molar-refractivity contribution in [1.29, 1.82) is 0 Å². The van der Waals surface area contributed by atoms with Crippen molar-refractivity contribution in [1.82, 2.24) is 5.32 Å². The van der Waals surface area contributed by atoms with Crippen molar-refractivity contribution < 1.29 is 14.3 Å². The topological polar surface area (TPSA) is 73.6 Å². The van der Waals surface area contributed by atoms with E-state index in [2.05, 4.69) is 5.32 Å². The van der Waals surface area contributed by atoms with Crippen LogP contribution in [0.2, 0.25) is 0 Å². The summed E-state index contributed by atoms with van der Waals surface area (Å²) in [5.74, 6) is -0.313. The van der Waals surface area contributed by atoms with Crippen LogP contribution in [0.4, 0.5) is 0 Å². The Bertz CT molecular complexity index is 286. The molecule has 5 nitrogen and oxygen atoms in total. The minimum Gasteiger partial charge on any atom is -0.381 e. The summed E-state index contributed by atoms with van der Waals surface area (Å²) in [6.45, 7) is 2.50. The number of carbonyl (C=O) groups excluding carboxylic acids is 1. The van der Waals surface area contributed by atoms with Crippen LogP contribution in [-0.4, -0.2) is 44.4 Å². The van der Waals surface area contributed by atoms with Gasteiger partial charge in [0.2, 0.25) is 5.91 Å². The van der Waals surface area contributed by atoms with E-state index in [0.29, 0.717) is 25.2 Å². The van der Waals surface area contributed by atoms with Crippen LogP contribution in [0.3, 0.4) is 0 Å². The van der Waals surface area contributed by atoms with E-state index in [9.17, 15) is 4.79 Å². The first-order chi connectivity index (χ1) is 9.01. The van der Waals surface area contributed by atoms with Gasteiger partial charge >= 0.3 is 0 Å². The number of primary amides is 1. The zero-order valence-electron chi connectivity index (χ0n) is 12.4. The summed E-state index contributed by atoms with van der Waals surface area (Å²) in [4.78, 5) is 11.3. The SMILES string of the molecule is CNC(C)(CCCOC1CCCC(OC)C1)C(N)=O. The Morgan fingerprint density at radius 1 is 1.42 bits per heavy atom. The van der Waals surface area contributed by atoms with Crippen molar-refractivity contribution in [3.05, 3.63) is 0 Å². The third-order valence-electron chi connectivity index (χ3n) is 4.18. The number of hydrogen-bond donors (Lipinski definition) is 2. The Morgan fingerprint density at radius 2 is 2.11 bits per heavy atom. The largest absolute Gasteiger partial charge is 0.381 e. The molecule has 0 aromatic rings. The van der Waals surface area contributed by atoms with Crippen molar-refractivity contribution in [2.24, 2.45) is 5.73 Å². The molecule has 19 heavy (non-hydrogen) atoms. The summed E-state index contributed by atoms with van der Waals surface area (Å²) in [7, 11) is 3.52. The third kappa shape index (κ3) is 5.09. The van der Waals surface area contributed by atoms with Gasteiger partial charge in [0.25, 0.3) is 0 Å². The Hall–Kier alpha value is -0.650. The summed E-state index contributed by atoms with van der Waals surface area (Å²) in [5.41, 5.74) is 4.75. The lowest BCUT2D eigenvalue weighted by Gasteiger charge is -2.29. The van der Waals surface area contributed by atoms with Crippen molar-refractivity contribution in [3.8, 4) is 0 Å². The number of hydrogen-bond acceptors (Lipinski definition) is 4. The summed E-state index contributed by atoms with van der Waals surface area (Å²) < 4.78 is 11.3. The number of rotatable bonds is 8. The van der Waals surface area contributed by atoms with E-state index in [4.69, 9.17) is 15.2 Å². The lowest BCUT2D eigenvalue weighted by atomic mass is 9.94. The van der Waals surface area contributed by atoms with E-state index in [0.717, 1.165) is 25.7 Å². The van der Waals surface area contributed by atoms with E-state index in [1.807, 2.05) is 6.92 Å². The Kier molecular flexibility index (Phi) is 6.75. The number of ether oxygens (including phenoxy) is 2. The highest BCUT2D eigenvalue weighted by Gasteiger charge is 2.28. The average Bonchev–Trinajstić information content (AvgIpc) is 2.43. The van der Waals surface area contributed by atoms with Crippen LogP contribution in [0.25, 0.3) is 0 Å². The zero-order chi connectivity index (χ0) is 14.3. The van der Waals surface area contributed by atoms with Gasteiger partial charge in [-0.2, -0.15) is 0 Å². The molecule has 0 aromatic carbocycles. The predicted octanol–water partition coefficient (Wildman–Crippen LogP) is 1.20. The second kappa shape index (κ2) is 7.82. The second-order valence-corrected chi connectivity index (χ2v) is 5.57. The Balaban J connectivity index is 2.21. The number of carbonyl (C=O) groups is 1. The fraction of sp³-hybridized carbons (Fsp3) is 0.929. The normalized spacial score (nSPS) is 26.9. The molecule has 1 amide bonds. The van der Waals surface area contributed by atoms with Crippen molar-refractivity contribution in [2.45, 2.75) is 63.2 Å². The first-order valence-corrected chi connectivity index (χ1v) is 7.15. The van der Waals surface area contributed by atoms with Crippen LogP contribution in [0.5, 0.6) is 0 Å². The first kappa shape index (κ1) is 16.4. The quantitative estimate of drug-likeness (QED) is 0.651. The van der Waals surface area contributed by atoms with Gasteiger partial charge < -0.3 is 20.5 Å². The number of methoxy groups -OCH3 is 1. The molecule has 3 N–H and O–H groups in total. The predicted molar refractivity (Wildman–Crippen MR) is 74.9 cm³/mol. The molecule has 1 saturated carbocycles. The molecule has 1 aliphatic rings. The molecule has 0 aromatic heterocycles. The standard InChI is InChI=1S/C14H28N2O3/c1-14(16-2,13(15)17)8-5-9-19-12-7-4-6-11(10-12)18-3/h11-12,16H,4-10H2,1-3H3,(H2,15,17). The number of amides is 1. The van der Waals surface area contributed by atoms with Crippen LogP contribution in [0.15, 0.2) is 0 Å². The van der Waals surface area contributed by atoms with Gasteiger partial charge in [0, 0.05) is 13.7 Å². The molecule has 1 fully saturated rings. The van der Waals surface area contributed by atoms with Crippen LogP contribution in [0, 0.1) is 0 Å². The Labute approximate surface area is 116 Å². The lowest BCUT2D eigenvalue weighted by molar-refractivity contribution is -0.124. The molecule has 1 aliphatic carbocycles. The van der Waals surface area contributed by atoms with E-state index < -0.39 is 5.54 Å². The highest BCUT2D eigenvalue weighted by molar-refractivity contribution is 5.84. The minimum atomic E-state index is -0.634. The molecule has 0 heterocycles. The molecule has 1 rings (SSSR count). The molecule has 5 heteroatoms. The van der Waals surface area contributed by atoms with Crippen LogP contribution in [0.1, 0.15) is 45.4 Å². The van der Waals surface area contributed by atoms with Gasteiger partial charge in [-0.3, -0.25) is 4.79 Å². The molecule has 0 bridgehead atoms. The highest BCUT2D eigenvalue weighted by Crippen LogP contribution is 2.23. The van der Waals surface area contributed by atoms with E-state index in [-0.39, 0.29) is 5.91 Å². The van der Waals surface area contributed by atoms with Gasteiger partial charge in [0.05, 0.1) is 17.7 Å². The van der Waals surface area contributed by atoms with Gasteiger partial charge in [-0.1, -0.05) is 0 Å². The monoisotopic (exact) mass is 272 g/mol. The molecule has 0 spiro atoms. The Morgan fingerprint density at radius 3 is 2.68 bits per heavy atom. The minimum absolute atomic E-state index is 0.299. The van der Waals surface area contributed by atoms with Gasteiger partial charge in [-0.15, -0.1) is 0 Å². The maximum Gasteiger partial charge on any atom is 0.237 e. The first-order valence-electron chi connectivity index (χ1n) is 7.15. The molecule has 3 atom stereocenters. The summed E-state index contributed by atoms with van der Waals surface area (Å²) in [6.07, 6.45) is 6.55. The van der Waals surface area contributed by atoms with Gasteiger partial charge in [-0.05, 0) is 52.5 Å². The molecular formula is C14H28N2O3. The van der Waals surface area contributed by atoms with Crippen molar-refractivity contribution in [3.63, 3.8) is 0 Å². The second-order valence-electron chi connectivity index (χ2n) is 5.57. The van der Waals surface area contributed by atoms with E-state index in [1.54, 1.807) is 14.2 Å². The molecule has 0 aliphatic heterocycles. The zero-order valence-corrected chi connectivity index (χ0v) is 12.4. The number of nitrogens with one attached hydrogen (secondary N) is 1. The van der Waals surface area contributed by atoms with Gasteiger partial charge in [0.1, 0.15) is 0 Å². The smallest absolute Gasteiger partial charge is 0.237 e. The molecule has 0 saturated heterocycles. The summed E-state index contributed by atoms with van der Waals surface area (Å²) >= 11 is 0. The average molecular weight is 272 g/mol. The van der Waals surface area contributed by atoms with Gasteiger partial charge in [0.15, 0.2) is 0 Å². The van der Waals surface area contributed by atoms with Crippen molar-refractivity contribution in [2.75, 3.05) is 20.8 Å². The van der Waals surface area contributed by atoms with E-state index >= 15 is 0 Å². The molecule has 3 unspecified atom stereocenters. The molecule has 0 radical (unpaired) electrons. The summed E-state index contributed by atoms with van der Waals surface area (Å²) in [5, 5.41) is 2.98. The third-order valence-corrected chi connectivity index (χ3v) is 4.18.